The van der Waals surface area contributed by atoms with Crippen molar-refractivity contribution < 1.29 is 15.0 Å². The number of hydrogen-bond acceptors (Lipinski definition) is 4. The predicted molar refractivity (Wildman–Crippen MR) is 114 cm³/mol. The maximum absolute atomic E-state index is 12.3. The van der Waals surface area contributed by atoms with Gasteiger partial charge in [-0.1, -0.05) is 24.3 Å². The van der Waals surface area contributed by atoms with Gasteiger partial charge in [0, 0.05) is 9.13 Å². The summed E-state index contributed by atoms with van der Waals surface area (Å²) in [5.41, 5.74) is 3.01. The lowest BCUT2D eigenvalue weighted by Crippen LogP contribution is -2.17. The highest BCUT2D eigenvalue weighted by atomic mass is 127. The van der Waals surface area contributed by atoms with E-state index in [-0.39, 0.29) is 17.1 Å². The van der Waals surface area contributed by atoms with Crippen LogP contribution in [-0.4, -0.2) is 22.3 Å². The molecule has 0 aliphatic rings. The van der Waals surface area contributed by atoms with Crippen LogP contribution in [0.15, 0.2) is 53.6 Å². The Morgan fingerprint density at radius 1 is 1.04 bits per heavy atom. The molecule has 0 fully saturated rings. The highest BCUT2D eigenvalue weighted by Gasteiger charge is 2.12. The molecule has 0 spiro atoms. The summed E-state index contributed by atoms with van der Waals surface area (Å²) in [5.74, 6) is -0.537. The maximum Gasteiger partial charge on any atom is 0.275 e. The van der Waals surface area contributed by atoms with Gasteiger partial charge in [-0.25, -0.2) is 5.43 Å². The van der Waals surface area contributed by atoms with Crippen molar-refractivity contribution in [1.29, 1.82) is 0 Å². The van der Waals surface area contributed by atoms with Crippen LogP contribution >= 0.6 is 45.2 Å². The summed E-state index contributed by atoms with van der Waals surface area (Å²) < 4.78 is 1.64. The predicted octanol–water partition coefficient (Wildman–Crippen LogP) is 4.22. The number of benzene rings is 3. The van der Waals surface area contributed by atoms with Gasteiger partial charge in [0.25, 0.3) is 5.91 Å². The number of phenols is 2. The monoisotopic (exact) mass is 558 g/mol. The van der Waals surface area contributed by atoms with E-state index in [9.17, 15) is 15.0 Å². The van der Waals surface area contributed by atoms with Crippen LogP contribution in [0.25, 0.3) is 10.8 Å². The molecule has 5 nitrogen and oxygen atoms in total. The number of rotatable bonds is 3. The van der Waals surface area contributed by atoms with Gasteiger partial charge in [-0.2, -0.15) is 5.10 Å². The average Bonchev–Trinajstić information content (AvgIpc) is 2.58. The van der Waals surface area contributed by atoms with Gasteiger partial charge in [0.1, 0.15) is 11.5 Å². The van der Waals surface area contributed by atoms with Gasteiger partial charge in [0.05, 0.1) is 15.3 Å². The molecule has 0 heterocycles. The lowest BCUT2D eigenvalue weighted by Gasteiger charge is -2.06. The van der Waals surface area contributed by atoms with Crippen LogP contribution in [0.1, 0.15) is 15.9 Å². The highest BCUT2D eigenvalue weighted by Crippen LogP contribution is 2.26. The lowest BCUT2D eigenvalue weighted by atomic mass is 10.1. The summed E-state index contributed by atoms with van der Waals surface area (Å²) in [6.07, 6.45) is 1.37. The topological polar surface area (TPSA) is 81.9 Å². The molecule has 3 rings (SSSR count). The molecule has 25 heavy (non-hydrogen) atoms. The minimum Gasteiger partial charge on any atom is -0.507 e. The number of halogens is 2. The molecule has 3 N–H and O–H groups in total. The van der Waals surface area contributed by atoms with Gasteiger partial charge >= 0.3 is 0 Å². The summed E-state index contributed by atoms with van der Waals surface area (Å²) in [6, 6.07) is 14.2. The number of carbonyl (C=O) groups is 1. The minimum atomic E-state index is -0.528. The lowest BCUT2D eigenvalue weighted by molar-refractivity contribution is 0.0952. The van der Waals surface area contributed by atoms with Gasteiger partial charge in [0.15, 0.2) is 0 Å². The first kappa shape index (κ1) is 17.9. The number of nitrogens with zero attached hydrogens (tertiary/aromatic N) is 1. The van der Waals surface area contributed by atoms with Crippen molar-refractivity contribution in [3.8, 4) is 11.5 Å². The third kappa shape index (κ3) is 4.03. The van der Waals surface area contributed by atoms with E-state index in [4.69, 9.17) is 0 Å². The van der Waals surface area contributed by atoms with Crippen molar-refractivity contribution in [2.75, 3.05) is 0 Å². The summed E-state index contributed by atoms with van der Waals surface area (Å²) >= 11 is 4.16. The number of hydrogen-bond donors (Lipinski definition) is 3. The second-order valence-corrected chi connectivity index (χ2v) is 7.65. The van der Waals surface area contributed by atoms with Crippen LogP contribution < -0.4 is 5.43 Å². The van der Waals surface area contributed by atoms with E-state index in [1.807, 2.05) is 52.9 Å². The Labute approximate surface area is 171 Å². The number of carbonyl (C=O) groups excluding carboxylic acids is 1. The molecule has 0 aliphatic heterocycles. The van der Waals surface area contributed by atoms with Crippen molar-refractivity contribution in [3.05, 3.63) is 66.8 Å². The summed E-state index contributed by atoms with van der Waals surface area (Å²) in [4.78, 5) is 12.3. The van der Waals surface area contributed by atoms with Crippen molar-refractivity contribution in [2.24, 2.45) is 5.10 Å². The number of fused-ring (bicyclic) bond motifs is 1. The Morgan fingerprint density at radius 3 is 2.44 bits per heavy atom. The molecule has 0 unspecified atom stereocenters. The Kier molecular flexibility index (Phi) is 5.42. The molecule has 7 heteroatoms. The molecule has 126 valence electrons. The Balaban J connectivity index is 1.82. The summed E-state index contributed by atoms with van der Waals surface area (Å²) in [5, 5.41) is 25.6. The standard InChI is InChI=1S/C18H12I2N2O3/c19-13-5-12(17(24)15(20)8-13)9-21-22-18(25)14-6-10-3-1-2-4-11(10)7-16(14)23/h1-9,23-24H,(H,22,25). The average molecular weight is 558 g/mol. The Bertz CT molecular complexity index is 1000. The van der Waals surface area contributed by atoms with Gasteiger partial charge in [-0.3, -0.25) is 4.79 Å². The van der Waals surface area contributed by atoms with Crippen molar-refractivity contribution >= 4 is 68.1 Å². The third-order valence-electron chi connectivity index (χ3n) is 3.54. The molecule has 0 aliphatic carbocycles. The minimum absolute atomic E-state index is 0.104. The molecular formula is C18H12I2N2O3. The first-order chi connectivity index (χ1) is 12.0. The molecular weight excluding hydrogens is 546 g/mol. The number of amides is 1. The molecule has 0 atom stereocenters. The van der Waals surface area contributed by atoms with Crippen LogP contribution in [0.5, 0.6) is 11.5 Å². The second-order valence-electron chi connectivity index (χ2n) is 5.24. The maximum atomic E-state index is 12.3. The number of nitrogens with one attached hydrogen (secondary N) is 1. The molecule has 3 aromatic carbocycles. The molecule has 1 amide bonds. The fourth-order valence-electron chi connectivity index (χ4n) is 2.32. The van der Waals surface area contributed by atoms with Gasteiger partial charge < -0.3 is 10.2 Å². The molecule has 0 saturated carbocycles. The van der Waals surface area contributed by atoms with Crippen molar-refractivity contribution in [2.45, 2.75) is 0 Å². The molecule has 3 aromatic rings. The summed E-state index contributed by atoms with van der Waals surface area (Å²) in [6.45, 7) is 0. The molecule has 0 radical (unpaired) electrons. The largest absolute Gasteiger partial charge is 0.507 e. The third-order valence-corrected chi connectivity index (χ3v) is 4.98. The van der Waals surface area contributed by atoms with Crippen LogP contribution in [-0.2, 0) is 0 Å². The number of aromatic hydroxyl groups is 2. The van der Waals surface area contributed by atoms with Crippen LogP contribution in [0.3, 0.4) is 0 Å². The van der Waals surface area contributed by atoms with Gasteiger partial charge in [-0.15, -0.1) is 0 Å². The normalized spacial score (nSPS) is 11.1. The number of phenolic OH excluding ortho intramolecular Hbond substituents is 2. The van der Waals surface area contributed by atoms with Crippen LogP contribution in [0, 0.1) is 7.14 Å². The first-order valence-electron chi connectivity index (χ1n) is 7.19. The van der Waals surface area contributed by atoms with E-state index < -0.39 is 5.91 Å². The molecule has 0 aromatic heterocycles. The first-order valence-corrected chi connectivity index (χ1v) is 9.34. The van der Waals surface area contributed by atoms with E-state index >= 15 is 0 Å². The zero-order chi connectivity index (χ0) is 18.0. The van der Waals surface area contributed by atoms with E-state index in [2.05, 4.69) is 33.1 Å². The fraction of sp³-hybridized carbons (Fsp3) is 0. The zero-order valence-corrected chi connectivity index (χ0v) is 17.0. The zero-order valence-electron chi connectivity index (χ0n) is 12.7. The Morgan fingerprint density at radius 2 is 1.72 bits per heavy atom. The smallest absolute Gasteiger partial charge is 0.275 e. The summed E-state index contributed by atoms with van der Waals surface area (Å²) in [7, 11) is 0. The van der Waals surface area contributed by atoms with E-state index in [1.54, 1.807) is 18.2 Å². The van der Waals surface area contributed by atoms with E-state index in [0.29, 0.717) is 9.13 Å². The van der Waals surface area contributed by atoms with Crippen molar-refractivity contribution in [1.82, 2.24) is 5.43 Å². The fourth-order valence-corrected chi connectivity index (χ4v) is 4.20. The van der Waals surface area contributed by atoms with Crippen LogP contribution in [0.4, 0.5) is 0 Å². The SMILES string of the molecule is O=C(NN=Cc1cc(I)cc(I)c1O)c1cc2ccccc2cc1O. The van der Waals surface area contributed by atoms with E-state index in [1.165, 1.54) is 6.21 Å². The van der Waals surface area contributed by atoms with Crippen molar-refractivity contribution in [3.63, 3.8) is 0 Å². The van der Waals surface area contributed by atoms with Gasteiger partial charge in [-0.05, 0) is 80.2 Å². The Hall–Kier alpha value is -1.88. The highest BCUT2D eigenvalue weighted by molar-refractivity contribution is 14.1. The molecule has 0 bridgehead atoms. The van der Waals surface area contributed by atoms with Crippen LogP contribution in [0.2, 0.25) is 0 Å². The van der Waals surface area contributed by atoms with Gasteiger partial charge in [0.2, 0.25) is 0 Å². The number of hydrazone groups is 1. The van der Waals surface area contributed by atoms with E-state index in [0.717, 1.165) is 14.3 Å². The second kappa shape index (κ2) is 7.56. The molecule has 0 saturated heterocycles. The quantitative estimate of drug-likeness (QED) is 0.256.